The molecule has 5 rings (SSSR count). The third-order valence-corrected chi connectivity index (χ3v) is 8.08. The van der Waals surface area contributed by atoms with E-state index in [1.165, 1.54) is 19.1 Å². The topological polar surface area (TPSA) is 99.6 Å². The summed E-state index contributed by atoms with van der Waals surface area (Å²) < 4.78 is 42.7. The van der Waals surface area contributed by atoms with Gasteiger partial charge in [-0.15, -0.1) is 0 Å². The fourth-order valence-corrected chi connectivity index (χ4v) is 5.90. The van der Waals surface area contributed by atoms with Crippen molar-refractivity contribution in [2.24, 2.45) is 0 Å². The zero-order chi connectivity index (χ0) is 28.4. The van der Waals surface area contributed by atoms with Crippen LogP contribution in [0.4, 0.5) is 18.0 Å². The van der Waals surface area contributed by atoms with E-state index in [4.69, 9.17) is 0 Å². The van der Waals surface area contributed by atoms with E-state index >= 15 is 0 Å². The molecule has 1 saturated carbocycles. The Labute approximate surface area is 231 Å². The van der Waals surface area contributed by atoms with Crippen LogP contribution in [0.5, 0.6) is 0 Å². The maximum Gasteiger partial charge on any atom is 0.416 e. The van der Waals surface area contributed by atoms with Gasteiger partial charge in [0.1, 0.15) is 0 Å². The van der Waals surface area contributed by atoms with E-state index in [0.717, 1.165) is 24.6 Å². The summed E-state index contributed by atoms with van der Waals surface area (Å²) in [6.45, 7) is 3.91. The summed E-state index contributed by atoms with van der Waals surface area (Å²) in [6.07, 6.45) is 1.02. The Kier molecular flexibility index (Phi) is 8.04. The number of hydrogen-bond donors (Lipinski definition) is 2. The van der Waals surface area contributed by atoms with Gasteiger partial charge in [-0.3, -0.25) is 14.3 Å². The van der Waals surface area contributed by atoms with Crippen LogP contribution in [0, 0.1) is 0 Å². The Balaban J connectivity index is 1.23. The molecule has 9 nitrogen and oxygen atoms in total. The van der Waals surface area contributed by atoms with Crippen LogP contribution < -0.4 is 10.6 Å². The summed E-state index contributed by atoms with van der Waals surface area (Å²) in [4.78, 5) is 40.5. The molecule has 40 heavy (non-hydrogen) atoms. The third kappa shape index (κ3) is 6.10. The molecule has 2 N–H and O–H groups in total. The molecule has 3 fully saturated rings. The van der Waals surface area contributed by atoms with Crippen LogP contribution in [0.25, 0.3) is 0 Å². The molecule has 2 saturated heterocycles. The lowest BCUT2D eigenvalue weighted by molar-refractivity contribution is -0.138. The van der Waals surface area contributed by atoms with Gasteiger partial charge < -0.3 is 20.4 Å². The molecular weight excluding hydrogens is 525 g/mol. The first-order valence-electron chi connectivity index (χ1n) is 13.9. The number of benzene rings is 1. The minimum atomic E-state index is -4.43. The van der Waals surface area contributed by atoms with Gasteiger partial charge in [0.25, 0.3) is 5.91 Å². The van der Waals surface area contributed by atoms with E-state index < -0.39 is 11.7 Å². The number of amides is 4. The Morgan fingerprint density at radius 1 is 0.925 bits per heavy atom. The molecule has 1 aliphatic carbocycles. The fourth-order valence-electron chi connectivity index (χ4n) is 5.90. The summed E-state index contributed by atoms with van der Waals surface area (Å²) >= 11 is 0. The summed E-state index contributed by atoms with van der Waals surface area (Å²) in [5, 5.41) is 10.1. The molecule has 0 unspecified atom stereocenters. The zero-order valence-corrected chi connectivity index (χ0v) is 22.5. The van der Waals surface area contributed by atoms with Crippen molar-refractivity contribution in [1.82, 2.24) is 30.2 Å². The second-order valence-corrected chi connectivity index (χ2v) is 10.9. The lowest BCUT2D eigenvalue weighted by Crippen LogP contribution is -2.46. The number of carbonyl (C=O) groups excluding carboxylic acids is 3. The van der Waals surface area contributed by atoms with Crippen molar-refractivity contribution in [1.29, 1.82) is 0 Å². The Hall–Kier alpha value is -3.57. The standard InChI is InChI=1S/C28H35F3N6O3/c1-18(38)32-11-12-33-27(40)35-14-9-21(10-15-35)37-25(19-6-7-19)23(16-34-37)26(39)36-13-8-20(17-36)22-4-2-3-5-24(22)28(29,30)31/h2-5,16,19-21H,6-15,17H2,1H3,(H,32,38)(H,33,40)/t20-/m1/s1. The maximum absolute atomic E-state index is 13.6. The highest BCUT2D eigenvalue weighted by molar-refractivity contribution is 5.95. The molecule has 216 valence electrons. The minimum absolute atomic E-state index is 0.0607. The summed E-state index contributed by atoms with van der Waals surface area (Å²) in [5.74, 6) is -0.429. The number of nitrogens with zero attached hydrogens (tertiary/aromatic N) is 4. The number of hydrogen-bond acceptors (Lipinski definition) is 4. The van der Waals surface area contributed by atoms with Gasteiger partial charge in [0.15, 0.2) is 0 Å². The Bertz CT molecular complexity index is 1250. The van der Waals surface area contributed by atoms with Crippen LogP contribution >= 0.6 is 0 Å². The van der Waals surface area contributed by atoms with Crippen LogP contribution in [0.3, 0.4) is 0 Å². The zero-order valence-electron chi connectivity index (χ0n) is 22.5. The average molecular weight is 561 g/mol. The minimum Gasteiger partial charge on any atom is -0.355 e. The molecular formula is C28H35F3N6O3. The molecule has 1 aromatic heterocycles. The summed E-state index contributed by atoms with van der Waals surface area (Å²) in [7, 11) is 0. The van der Waals surface area contributed by atoms with Crippen molar-refractivity contribution in [2.75, 3.05) is 39.3 Å². The highest BCUT2D eigenvalue weighted by Crippen LogP contribution is 2.44. The van der Waals surface area contributed by atoms with Crippen LogP contribution in [0.1, 0.15) is 84.1 Å². The SMILES string of the molecule is CC(=O)NCCNC(=O)N1CCC(n2ncc(C(=O)N3CC[C@@H](c4ccccc4C(F)(F)F)C3)c2C2CC2)CC1. The first-order valence-corrected chi connectivity index (χ1v) is 13.9. The van der Waals surface area contributed by atoms with Crippen LogP contribution in [0.2, 0.25) is 0 Å². The molecule has 0 bridgehead atoms. The van der Waals surface area contributed by atoms with Gasteiger partial charge in [-0.25, -0.2) is 4.79 Å². The first-order chi connectivity index (χ1) is 19.1. The average Bonchev–Trinajstić information content (AvgIpc) is 3.48. The van der Waals surface area contributed by atoms with E-state index in [0.29, 0.717) is 57.5 Å². The van der Waals surface area contributed by atoms with Gasteiger partial charge in [0.2, 0.25) is 5.91 Å². The van der Waals surface area contributed by atoms with Gasteiger partial charge in [-0.05, 0) is 43.7 Å². The molecule has 3 heterocycles. The van der Waals surface area contributed by atoms with Crippen molar-refractivity contribution in [2.45, 2.75) is 63.1 Å². The van der Waals surface area contributed by atoms with E-state index in [1.807, 2.05) is 4.68 Å². The Morgan fingerprint density at radius 3 is 2.27 bits per heavy atom. The lowest BCUT2D eigenvalue weighted by atomic mass is 9.93. The van der Waals surface area contributed by atoms with Crippen molar-refractivity contribution in [3.63, 3.8) is 0 Å². The lowest BCUT2D eigenvalue weighted by Gasteiger charge is -2.33. The second-order valence-electron chi connectivity index (χ2n) is 10.9. The number of piperidine rings is 1. The van der Waals surface area contributed by atoms with Crippen LogP contribution in [-0.2, 0) is 11.0 Å². The number of likely N-dealkylation sites (tertiary alicyclic amines) is 2. The molecule has 2 aliphatic heterocycles. The fraction of sp³-hybridized carbons (Fsp3) is 0.571. The molecule has 3 aliphatic rings. The monoisotopic (exact) mass is 560 g/mol. The Morgan fingerprint density at radius 2 is 1.60 bits per heavy atom. The highest BCUT2D eigenvalue weighted by atomic mass is 19.4. The number of nitrogens with one attached hydrogen (secondary N) is 2. The number of halogens is 3. The predicted octanol–water partition coefficient (Wildman–Crippen LogP) is 3.89. The molecule has 0 radical (unpaired) electrons. The molecule has 12 heteroatoms. The van der Waals surface area contributed by atoms with E-state index in [1.54, 1.807) is 22.1 Å². The molecule has 2 aromatic rings. The van der Waals surface area contributed by atoms with E-state index in [9.17, 15) is 27.6 Å². The van der Waals surface area contributed by atoms with Crippen molar-refractivity contribution in [3.8, 4) is 0 Å². The largest absolute Gasteiger partial charge is 0.416 e. The highest BCUT2D eigenvalue weighted by Gasteiger charge is 2.40. The number of aromatic nitrogens is 2. The number of alkyl halides is 3. The van der Waals surface area contributed by atoms with Gasteiger partial charge in [0, 0.05) is 58.0 Å². The molecule has 1 atom stereocenters. The molecule has 4 amide bonds. The van der Waals surface area contributed by atoms with Gasteiger partial charge in [-0.2, -0.15) is 18.3 Å². The quantitative estimate of drug-likeness (QED) is 0.502. The van der Waals surface area contributed by atoms with E-state index in [2.05, 4.69) is 15.7 Å². The maximum atomic E-state index is 13.6. The van der Waals surface area contributed by atoms with Gasteiger partial charge in [0.05, 0.1) is 29.1 Å². The van der Waals surface area contributed by atoms with Crippen LogP contribution in [0.15, 0.2) is 30.5 Å². The summed E-state index contributed by atoms with van der Waals surface area (Å²) in [6, 6.07) is 5.53. The van der Waals surface area contributed by atoms with Crippen LogP contribution in [-0.4, -0.2) is 76.7 Å². The van der Waals surface area contributed by atoms with Crippen molar-refractivity contribution in [3.05, 3.63) is 52.8 Å². The van der Waals surface area contributed by atoms with Gasteiger partial charge >= 0.3 is 12.2 Å². The number of carbonyl (C=O) groups is 3. The summed E-state index contributed by atoms with van der Waals surface area (Å²) in [5.41, 5.74) is 1.08. The van der Waals surface area contributed by atoms with Crippen molar-refractivity contribution < 1.29 is 27.6 Å². The normalized spacial score (nSPS) is 20.1. The van der Waals surface area contributed by atoms with E-state index in [-0.39, 0.29) is 47.8 Å². The number of rotatable bonds is 7. The smallest absolute Gasteiger partial charge is 0.355 e. The van der Waals surface area contributed by atoms with Crippen molar-refractivity contribution >= 4 is 17.8 Å². The third-order valence-electron chi connectivity index (χ3n) is 8.08. The predicted molar refractivity (Wildman–Crippen MR) is 141 cm³/mol. The second kappa shape index (κ2) is 11.5. The first kappa shape index (κ1) is 28.0. The molecule has 1 aromatic carbocycles. The molecule has 0 spiro atoms. The number of urea groups is 1. The van der Waals surface area contributed by atoms with Gasteiger partial charge in [-0.1, -0.05) is 18.2 Å².